The number of aromatic nitrogens is 2. The largest absolute Gasteiger partial charge is 0.480 e. The van der Waals surface area contributed by atoms with Crippen molar-refractivity contribution in [1.82, 2.24) is 15.1 Å². The number of carbonyl (C=O) groups excluding carboxylic acids is 1. The Morgan fingerprint density at radius 2 is 2.12 bits per heavy atom. The average molecular weight is 247 g/mol. The van der Waals surface area contributed by atoms with Gasteiger partial charge in [-0.2, -0.15) is 5.10 Å². The Labute approximate surface area is 95.2 Å². The highest BCUT2D eigenvalue weighted by Gasteiger charge is 2.24. The zero-order valence-corrected chi connectivity index (χ0v) is 9.15. The summed E-state index contributed by atoms with van der Waals surface area (Å²) in [6.07, 6.45) is -1.78. The third-order valence-corrected chi connectivity index (χ3v) is 2.03. The molecule has 8 heteroatoms. The standard InChI is InChI=1S/C9H11F2N3O3/c1-4(9(16)17)12-8(15)5-3-14(2)13-6(5)7(10)11/h3-4,7H,1-2H3,(H,12,15)(H,16,17)/t4-/m0/s1. The monoisotopic (exact) mass is 247 g/mol. The van der Waals surface area contributed by atoms with E-state index in [0.29, 0.717) is 0 Å². The number of carboxylic acids is 1. The SMILES string of the molecule is C[C@H](NC(=O)c1cn(C)nc1C(F)F)C(=O)O. The van der Waals surface area contributed by atoms with Crippen molar-refractivity contribution in [3.8, 4) is 0 Å². The predicted molar refractivity (Wildman–Crippen MR) is 52.7 cm³/mol. The van der Waals surface area contributed by atoms with E-state index in [1.165, 1.54) is 14.0 Å². The van der Waals surface area contributed by atoms with Crippen molar-refractivity contribution in [2.45, 2.75) is 19.4 Å². The van der Waals surface area contributed by atoms with Crippen molar-refractivity contribution < 1.29 is 23.5 Å². The topological polar surface area (TPSA) is 84.2 Å². The van der Waals surface area contributed by atoms with Crippen LogP contribution < -0.4 is 5.32 Å². The van der Waals surface area contributed by atoms with Gasteiger partial charge in [-0.3, -0.25) is 14.3 Å². The normalized spacial score (nSPS) is 12.5. The number of nitrogens with zero attached hydrogens (tertiary/aromatic N) is 2. The van der Waals surface area contributed by atoms with Crippen LogP contribution in [-0.4, -0.2) is 32.8 Å². The van der Waals surface area contributed by atoms with Gasteiger partial charge < -0.3 is 10.4 Å². The second kappa shape index (κ2) is 4.89. The van der Waals surface area contributed by atoms with Crippen LogP contribution >= 0.6 is 0 Å². The summed E-state index contributed by atoms with van der Waals surface area (Å²) in [7, 11) is 1.39. The van der Waals surface area contributed by atoms with Crippen molar-refractivity contribution >= 4 is 11.9 Å². The molecule has 1 heterocycles. The van der Waals surface area contributed by atoms with Crippen molar-refractivity contribution in [2.24, 2.45) is 7.05 Å². The van der Waals surface area contributed by atoms with E-state index >= 15 is 0 Å². The number of carbonyl (C=O) groups is 2. The van der Waals surface area contributed by atoms with Crippen LogP contribution in [0.2, 0.25) is 0 Å². The van der Waals surface area contributed by atoms with Crippen molar-refractivity contribution in [3.05, 3.63) is 17.5 Å². The van der Waals surface area contributed by atoms with Gasteiger partial charge in [0.1, 0.15) is 11.7 Å². The molecule has 0 unspecified atom stereocenters. The van der Waals surface area contributed by atoms with Crippen LogP contribution in [0, 0.1) is 0 Å². The lowest BCUT2D eigenvalue weighted by Gasteiger charge is -2.08. The number of carboxylic acid groups (broad SMARTS) is 1. The number of nitrogens with one attached hydrogen (secondary N) is 1. The molecule has 1 aromatic heterocycles. The number of alkyl halides is 2. The molecule has 1 amide bonds. The fourth-order valence-electron chi connectivity index (χ4n) is 1.18. The molecule has 1 atom stereocenters. The lowest BCUT2D eigenvalue weighted by molar-refractivity contribution is -0.138. The first-order valence-electron chi connectivity index (χ1n) is 4.68. The van der Waals surface area contributed by atoms with Gasteiger partial charge in [0.05, 0.1) is 5.56 Å². The number of hydrogen-bond donors (Lipinski definition) is 2. The molecular formula is C9H11F2N3O3. The van der Waals surface area contributed by atoms with Crippen LogP contribution in [0.5, 0.6) is 0 Å². The maximum atomic E-state index is 12.5. The van der Waals surface area contributed by atoms with Gasteiger partial charge in [0.25, 0.3) is 12.3 Å². The molecule has 0 aliphatic carbocycles. The lowest BCUT2D eigenvalue weighted by atomic mass is 10.2. The van der Waals surface area contributed by atoms with Gasteiger partial charge in [0, 0.05) is 13.2 Å². The summed E-state index contributed by atoms with van der Waals surface area (Å²) in [5.74, 6) is -2.14. The second-order valence-corrected chi connectivity index (χ2v) is 3.44. The molecule has 0 spiro atoms. The zero-order valence-electron chi connectivity index (χ0n) is 9.15. The zero-order chi connectivity index (χ0) is 13.2. The molecule has 0 radical (unpaired) electrons. The average Bonchev–Trinajstić information content (AvgIpc) is 2.60. The molecule has 0 fully saturated rings. The molecule has 6 nitrogen and oxygen atoms in total. The summed E-state index contributed by atoms with van der Waals surface area (Å²) in [4.78, 5) is 22.0. The third kappa shape index (κ3) is 2.99. The van der Waals surface area contributed by atoms with Gasteiger partial charge >= 0.3 is 5.97 Å². The van der Waals surface area contributed by atoms with Crippen LogP contribution in [0.1, 0.15) is 29.4 Å². The Kier molecular flexibility index (Phi) is 3.77. The molecule has 0 aromatic carbocycles. The summed E-state index contributed by atoms with van der Waals surface area (Å²) in [6.45, 7) is 1.23. The van der Waals surface area contributed by atoms with Gasteiger partial charge in [-0.25, -0.2) is 8.78 Å². The van der Waals surface area contributed by atoms with Gasteiger partial charge in [-0.05, 0) is 6.92 Å². The van der Waals surface area contributed by atoms with E-state index in [4.69, 9.17) is 5.11 Å². The summed E-state index contributed by atoms with van der Waals surface area (Å²) in [5.41, 5.74) is -0.988. The van der Waals surface area contributed by atoms with Crippen LogP contribution in [-0.2, 0) is 11.8 Å². The summed E-state index contributed by atoms with van der Waals surface area (Å²) < 4.78 is 26.1. The van der Waals surface area contributed by atoms with E-state index in [1.807, 2.05) is 0 Å². The van der Waals surface area contributed by atoms with E-state index in [0.717, 1.165) is 10.9 Å². The molecule has 0 saturated heterocycles. The quantitative estimate of drug-likeness (QED) is 0.814. The smallest absolute Gasteiger partial charge is 0.325 e. The predicted octanol–water partition coefficient (Wildman–Crippen LogP) is 0.561. The van der Waals surface area contributed by atoms with E-state index in [1.54, 1.807) is 0 Å². The number of halogens is 2. The van der Waals surface area contributed by atoms with E-state index < -0.39 is 30.0 Å². The molecule has 0 bridgehead atoms. The molecule has 0 aliphatic rings. The first-order valence-corrected chi connectivity index (χ1v) is 4.68. The number of rotatable bonds is 4. The molecular weight excluding hydrogens is 236 g/mol. The summed E-state index contributed by atoms with van der Waals surface area (Å²) in [6, 6.07) is -1.16. The molecule has 94 valence electrons. The van der Waals surface area contributed by atoms with Crippen LogP contribution in [0.4, 0.5) is 8.78 Å². The van der Waals surface area contributed by atoms with Gasteiger partial charge in [-0.1, -0.05) is 0 Å². The molecule has 1 rings (SSSR count). The fraction of sp³-hybridized carbons (Fsp3) is 0.444. The van der Waals surface area contributed by atoms with E-state index in [-0.39, 0.29) is 5.56 Å². The highest BCUT2D eigenvalue weighted by atomic mass is 19.3. The minimum absolute atomic E-state index is 0.324. The Hall–Kier alpha value is -1.99. The van der Waals surface area contributed by atoms with E-state index in [2.05, 4.69) is 10.4 Å². The maximum Gasteiger partial charge on any atom is 0.325 e. The Morgan fingerprint density at radius 1 is 1.53 bits per heavy atom. The van der Waals surface area contributed by atoms with Crippen molar-refractivity contribution in [1.29, 1.82) is 0 Å². The Morgan fingerprint density at radius 3 is 2.59 bits per heavy atom. The molecule has 1 aromatic rings. The van der Waals surface area contributed by atoms with Crippen molar-refractivity contribution in [2.75, 3.05) is 0 Å². The third-order valence-electron chi connectivity index (χ3n) is 2.03. The summed E-state index contributed by atoms with van der Waals surface area (Å²) >= 11 is 0. The van der Waals surface area contributed by atoms with E-state index in [9.17, 15) is 18.4 Å². The van der Waals surface area contributed by atoms with Crippen LogP contribution in [0.3, 0.4) is 0 Å². The highest BCUT2D eigenvalue weighted by molar-refractivity contribution is 5.97. The first kappa shape index (κ1) is 13.1. The Balaban J connectivity index is 2.92. The van der Waals surface area contributed by atoms with Crippen LogP contribution in [0.25, 0.3) is 0 Å². The Bertz CT molecular complexity index is 445. The fourth-order valence-corrected chi connectivity index (χ4v) is 1.18. The number of aliphatic carboxylic acids is 1. The first-order chi connectivity index (χ1) is 7.82. The maximum absolute atomic E-state index is 12.5. The summed E-state index contributed by atoms with van der Waals surface area (Å²) in [5, 5.41) is 14.1. The second-order valence-electron chi connectivity index (χ2n) is 3.44. The molecule has 0 saturated carbocycles. The van der Waals surface area contributed by atoms with Gasteiger partial charge in [-0.15, -0.1) is 0 Å². The lowest BCUT2D eigenvalue weighted by Crippen LogP contribution is -2.38. The van der Waals surface area contributed by atoms with Gasteiger partial charge in [0.2, 0.25) is 0 Å². The van der Waals surface area contributed by atoms with Gasteiger partial charge in [0.15, 0.2) is 0 Å². The molecule has 17 heavy (non-hydrogen) atoms. The highest BCUT2D eigenvalue weighted by Crippen LogP contribution is 2.20. The number of aryl methyl sites for hydroxylation is 1. The minimum atomic E-state index is -2.89. The molecule has 2 N–H and O–H groups in total. The number of hydrogen-bond acceptors (Lipinski definition) is 3. The minimum Gasteiger partial charge on any atom is -0.480 e. The number of amides is 1. The van der Waals surface area contributed by atoms with Crippen LogP contribution in [0.15, 0.2) is 6.20 Å². The van der Waals surface area contributed by atoms with Crippen molar-refractivity contribution in [3.63, 3.8) is 0 Å². The molecule has 0 aliphatic heterocycles.